The molecule has 1 aromatic carbocycles. The normalized spacial score (nSPS) is 19.4. The maximum Gasteiger partial charge on any atom is 0.337 e. The van der Waals surface area contributed by atoms with Crippen molar-refractivity contribution in [1.82, 2.24) is 4.98 Å². The van der Waals surface area contributed by atoms with Crippen molar-refractivity contribution in [2.24, 2.45) is 5.16 Å². The van der Waals surface area contributed by atoms with Gasteiger partial charge in [-0.15, -0.1) is 11.3 Å². The van der Waals surface area contributed by atoms with Gasteiger partial charge in [-0.2, -0.15) is 0 Å². The number of benzene rings is 1. The van der Waals surface area contributed by atoms with Crippen LogP contribution in [0.25, 0.3) is 10.2 Å². The van der Waals surface area contributed by atoms with Crippen molar-refractivity contribution in [3.8, 4) is 0 Å². The Kier molecular flexibility index (Phi) is 4.14. The van der Waals surface area contributed by atoms with Gasteiger partial charge in [0.2, 0.25) is 0 Å². The summed E-state index contributed by atoms with van der Waals surface area (Å²) in [5.74, 6) is -1.00. The number of pyridine rings is 1. The van der Waals surface area contributed by atoms with Crippen LogP contribution in [0.15, 0.2) is 41.7 Å². The number of hydrogen-bond donors (Lipinski definition) is 1. The van der Waals surface area contributed by atoms with Crippen molar-refractivity contribution in [3.63, 3.8) is 0 Å². The molecule has 0 spiro atoms. The van der Waals surface area contributed by atoms with Crippen LogP contribution in [0.1, 0.15) is 34.1 Å². The van der Waals surface area contributed by atoms with E-state index < -0.39 is 11.6 Å². The number of aromatic carboxylic acids is 1. The Morgan fingerprint density at radius 2 is 1.96 bits per heavy atom. The van der Waals surface area contributed by atoms with Crippen molar-refractivity contribution in [2.75, 3.05) is 0 Å². The molecule has 3 aromatic rings. The zero-order valence-corrected chi connectivity index (χ0v) is 15.8. The predicted molar refractivity (Wildman–Crippen MR) is 103 cm³/mol. The van der Waals surface area contributed by atoms with Gasteiger partial charge in [0, 0.05) is 33.6 Å². The summed E-state index contributed by atoms with van der Waals surface area (Å²) in [7, 11) is 0. The van der Waals surface area contributed by atoms with Crippen molar-refractivity contribution in [1.29, 1.82) is 0 Å². The SMILES string of the molecule is CC1(c2cc(Cl)cc(Cl)c2)CC(c2cc3cc(C(=O)O)cnc3s2)=NO1. The van der Waals surface area contributed by atoms with Crippen LogP contribution in [-0.2, 0) is 10.4 Å². The second kappa shape index (κ2) is 6.23. The van der Waals surface area contributed by atoms with Gasteiger partial charge in [0.05, 0.1) is 10.4 Å². The maximum atomic E-state index is 11.1. The molecule has 1 atom stereocenters. The molecule has 0 saturated heterocycles. The number of thiophene rings is 1. The number of hydrogen-bond acceptors (Lipinski definition) is 5. The molecule has 1 unspecified atom stereocenters. The van der Waals surface area contributed by atoms with Gasteiger partial charge in [-0.25, -0.2) is 9.78 Å². The second-order valence-corrected chi connectivity index (χ2v) is 8.13. The van der Waals surface area contributed by atoms with Crippen LogP contribution in [-0.4, -0.2) is 21.8 Å². The molecule has 2 aromatic heterocycles. The number of aromatic nitrogens is 1. The zero-order chi connectivity index (χ0) is 18.5. The highest BCUT2D eigenvalue weighted by molar-refractivity contribution is 7.20. The van der Waals surface area contributed by atoms with E-state index in [2.05, 4.69) is 10.1 Å². The molecule has 1 aliphatic heterocycles. The first-order valence-corrected chi connectivity index (χ1v) is 9.26. The highest BCUT2D eigenvalue weighted by atomic mass is 35.5. The first-order chi connectivity index (χ1) is 12.3. The fourth-order valence-electron chi connectivity index (χ4n) is 2.88. The molecular weight excluding hydrogens is 395 g/mol. The van der Waals surface area contributed by atoms with Gasteiger partial charge in [0.15, 0.2) is 5.60 Å². The standard InChI is InChI=1S/C18H12Cl2N2O3S/c1-18(11-4-12(19)6-13(20)5-11)7-14(22-25-18)15-3-9-2-10(17(23)24)8-21-16(9)26-15/h2-6,8H,7H2,1H3,(H,23,24). The van der Waals surface area contributed by atoms with Crippen LogP contribution in [0.3, 0.4) is 0 Å². The van der Waals surface area contributed by atoms with Gasteiger partial charge in [0.25, 0.3) is 0 Å². The van der Waals surface area contributed by atoms with E-state index >= 15 is 0 Å². The number of fused-ring (bicyclic) bond motifs is 1. The average molecular weight is 407 g/mol. The number of oxime groups is 1. The Bertz CT molecular complexity index is 1060. The number of halogens is 2. The molecule has 5 nitrogen and oxygen atoms in total. The molecule has 0 fully saturated rings. The summed E-state index contributed by atoms with van der Waals surface area (Å²) in [6.45, 7) is 1.93. The summed E-state index contributed by atoms with van der Waals surface area (Å²) in [6, 6.07) is 8.80. The molecule has 3 heterocycles. The lowest BCUT2D eigenvalue weighted by Gasteiger charge is -2.22. The molecule has 0 amide bonds. The summed E-state index contributed by atoms with van der Waals surface area (Å²) in [4.78, 5) is 22.7. The first kappa shape index (κ1) is 17.3. The summed E-state index contributed by atoms with van der Waals surface area (Å²) < 4.78 is 0. The summed E-state index contributed by atoms with van der Waals surface area (Å²) in [5.41, 5.74) is 1.12. The van der Waals surface area contributed by atoms with E-state index in [-0.39, 0.29) is 5.56 Å². The minimum atomic E-state index is -1.00. The fraction of sp³-hybridized carbons (Fsp3) is 0.167. The van der Waals surface area contributed by atoms with Crippen molar-refractivity contribution in [2.45, 2.75) is 18.9 Å². The van der Waals surface area contributed by atoms with Gasteiger partial charge in [-0.05, 0) is 37.3 Å². The number of nitrogens with zero attached hydrogens (tertiary/aromatic N) is 2. The lowest BCUT2D eigenvalue weighted by Crippen LogP contribution is -2.21. The summed E-state index contributed by atoms with van der Waals surface area (Å²) in [6.07, 6.45) is 1.90. The Hall–Kier alpha value is -2.15. The van der Waals surface area contributed by atoms with E-state index in [0.29, 0.717) is 16.5 Å². The lowest BCUT2D eigenvalue weighted by atomic mass is 9.90. The monoisotopic (exact) mass is 406 g/mol. The minimum Gasteiger partial charge on any atom is -0.478 e. The third kappa shape index (κ3) is 3.05. The van der Waals surface area contributed by atoms with Crippen LogP contribution in [0.5, 0.6) is 0 Å². The van der Waals surface area contributed by atoms with E-state index in [4.69, 9.17) is 33.1 Å². The van der Waals surface area contributed by atoms with Gasteiger partial charge in [0.1, 0.15) is 10.5 Å². The average Bonchev–Trinajstić information content (AvgIpc) is 3.17. The number of rotatable bonds is 3. The Morgan fingerprint density at radius 3 is 2.65 bits per heavy atom. The molecule has 0 radical (unpaired) electrons. The topological polar surface area (TPSA) is 71.8 Å². The molecular formula is C18H12Cl2N2O3S. The van der Waals surface area contributed by atoms with Crippen molar-refractivity contribution >= 4 is 56.4 Å². The highest BCUT2D eigenvalue weighted by Gasteiger charge is 2.37. The van der Waals surface area contributed by atoms with E-state index in [1.165, 1.54) is 17.5 Å². The molecule has 26 heavy (non-hydrogen) atoms. The van der Waals surface area contributed by atoms with E-state index in [1.54, 1.807) is 12.1 Å². The third-order valence-electron chi connectivity index (χ3n) is 4.24. The minimum absolute atomic E-state index is 0.157. The number of carboxylic acid groups (broad SMARTS) is 1. The van der Waals surface area contributed by atoms with Crippen molar-refractivity contribution < 1.29 is 14.7 Å². The maximum absolute atomic E-state index is 11.1. The van der Waals surface area contributed by atoms with Crippen LogP contribution in [0.4, 0.5) is 0 Å². The van der Waals surface area contributed by atoms with Gasteiger partial charge in [-0.1, -0.05) is 28.4 Å². The molecule has 132 valence electrons. The molecule has 0 aliphatic carbocycles. The Balaban J connectivity index is 1.65. The lowest BCUT2D eigenvalue weighted by molar-refractivity contribution is -0.00737. The van der Waals surface area contributed by atoms with Gasteiger partial charge < -0.3 is 9.94 Å². The fourth-order valence-corrected chi connectivity index (χ4v) is 4.37. The quantitative estimate of drug-likeness (QED) is 0.636. The van der Waals surface area contributed by atoms with Crippen LogP contribution in [0, 0.1) is 0 Å². The Morgan fingerprint density at radius 1 is 1.23 bits per heavy atom. The molecule has 0 saturated carbocycles. The number of carbonyl (C=O) groups is 1. The Labute approximate surface area is 162 Å². The van der Waals surface area contributed by atoms with E-state index in [1.807, 2.05) is 25.1 Å². The largest absolute Gasteiger partial charge is 0.478 e. The predicted octanol–water partition coefficient (Wildman–Crippen LogP) is 5.34. The smallest absolute Gasteiger partial charge is 0.337 e. The van der Waals surface area contributed by atoms with Crippen LogP contribution in [0.2, 0.25) is 10.0 Å². The molecule has 1 N–H and O–H groups in total. The number of carboxylic acids is 1. The third-order valence-corrected chi connectivity index (χ3v) is 5.78. The van der Waals surface area contributed by atoms with Crippen molar-refractivity contribution in [3.05, 3.63) is 62.6 Å². The van der Waals surface area contributed by atoms with Gasteiger partial charge in [-0.3, -0.25) is 0 Å². The van der Waals surface area contributed by atoms with E-state index in [9.17, 15) is 4.79 Å². The molecule has 1 aliphatic rings. The highest BCUT2D eigenvalue weighted by Crippen LogP contribution is 2.39. The van der Waals surface area contributed by atoms with E-state index in [0.717, 1.165) is 26.4 Å². The second-order valence-electron chi connectivity index (χ2n) is 6.23. The molecule has 0 bridgehead atoms. The van der Waals surface area contributed by atoms with Crippen LogP contribution < -0.4 is 0 Å². The summed E-state index contributed by atoms with van der Waals surface area (Å²) in [5, 5.41) is 15.2. The van der Waals surface area contributed by atoms with Gasteiger partial charge >= 0.3 is 5.97 Å². The molecule has 4 rings (SSSR count). The first-order valence-electron chi connectivity index (χ1n) is 7.69. The summed E-state index contributed by atoms with van der Waals surface area (Å²) >= 11 is 13.7. The zero-order valence-electron chi connectivity index (χ0n) is 13.5. The molecule has 8 heteroatoms. The van der Waals surface area contributed by atoms with Crippen LogP contribution >= 0.6 is 34.5 Å².